The summed E-state index contributed by atoms with van der Waals surface area (Å²) in [6, 6.07) is 7.45. The van der Waals surface area contributed by atoms with Gasteiger partial charge in [0, 0.05) is 30.7 Å². The zero-order valence-electron chi connectivity index (χ0n) is 18.3. The van der Waals surface area contributed by atoms with Gasteiger partial charge in [0.2, 0.25) is 17.7 Å². The summed E-state index contributed by atoms with van der Waals surface area (Å²) in [6.07, 6.45) is 3.33. The van der Waals surface area contributed by atoms with Crippen LogP contribution in [-0.2, 0) is 20.9 Å². The molecule has 0 radical (unpaired) electrons. The fourth-order valence-corrected chi connectivity index (χ4v) is 4.42. The Kier molecular flexibility index (Phi) is 6.81. The number of nitrogens with one attached hydrogen (secondary N) is 1. The summed E-state index contributed by atoms with van der Waals surface area (Å²) in [7, 11) is 0. The number of nitrogens with zero attached hydrogens (tertiary/aromatic N) is 2. The van der Waals surface area contributed by atoms with Crippen molar-refractivity contribution in [3.8, 4) is 0 Å². The van der Waals surface area contributed by atoms with Crippen molar-refractivity contribution < 1.29 is 14.4 Å². The van der Waals surface area contributed by atoms with Crippen LogP contribution in [0.25, 0.3) is 0 Å². The minimum Gasteiger partial charge on any atom is -0.368 e. The number of hydrogen-bond acceptors (Lipinski definition) is 4. The topological polar surface area (TPSA) is 95.7 Å². The van der Waals surface area contributed by atoms with Gasteiger partial charge in [0.15, 0.2) is 0 Å². The predicted octanol–water partition coefficient (Wildman–Crippen LogP) is 2.36. The van der Waals surface area contributed by atoms with Gasteiger partial charge in [-0.05, 0) is 43.9 Å². The fourth-order valence-electron chi connectivity index (χ4n) is 4.42. The maximum atomic E-state index is 13.0. The molecule has 2 heterocycles. The molecule has 7 nitrogen and oxygen atoms in total. The third-order valence-corrected chi connectivity index (χ3v) is 6.06. The number of rotatable bonds is 5. The lowest BCUT2D eigenvalue weighted by molar-refractivity contribution is -0.142. The molecule has 2 aliphatic heterocycles. The number of hydrogen-bond donors (Lipinski definition) is 2. The highest BCUT2D eigenvalue weighted by atomic mass is 16.2. The Morgan fingerprint density at radius 2 is 1.80 bits per heavy atom. The minimum absolute atomic E-state index is 0.0540. The van der Waals surface area contributed by atoms with Gasteiger partial charge in [-0.2, -0.15) is 0 Å². The SMILES string of the molecule is CC(C)(C)C(=O)N1CCCC(C(=O)Nc2ccccc2CN2CCCC2C(N)=O)C1. The first-order valence-electron chi connectivity index (χ1n) is 10.9. The number of para-hydroxylation sites is 1. The van der Waals surface area contributed by atoms with Crippen molar-refractivity contribution in [3.63, 3.8) is 0 Å². The summed E-state index contributed by atoms with van der Waals surface area (Å²) in [5.74, 6) is -0.475. The zero-order chi connectivity index (χ0) is 21.9. The van der Waals surface area contributed by atoms with E-state index in [0.717, 1.165) is 43.5 Å². The summed E-state index contributed by atoms with van der Waals surface area (Å²) in [5.41, 5.74) is 6.83. The molecule has 0 spiro atoms. The summed E-state index contributed by atoms with van der Waals surface area (Å²) in [4.78, 5) is 41.2. The van der Waals surface area contributed by atoms with Crippen LogP contribution in [0.1, 0.15) is 52.0 Å². The minimum atomic E-state index is -0.447. The molecule has 164 valence electrons. The summed E-state index contributed by atoms with van der Waals surface area (Å²) in [5, 5.41) is 3.08. The lowest BCUT2D eigenvalue weighted by Crippen LogP contribution is -2.47. The van der Waals surface area contributed by atoms with Crippen LogP contribution in [0.3, 0.4) is 0 Å². The third kappa shape index (κ3) is 5.19. The van der Waals surface area contributed by atoms with E-state index in [-0.39, 0.29) is 29.7 Å². The van der Waals surface area contributed by atoms with Crippen LogP contribution in [0.5, 0.6) is 0 Å². The number of amides is 3. The van der Waals surface area contributed by atoms with E-state index in [0.29, 0.717) is 19.6 Å². The van der Waals surface area contributed by atoms with Crippen molar-refractivity contribution in [1.82, 2.24) is 9.80 Å². The lowest BCUT2D eigenvalue weighted by atomic mass is 9.91. The average molecular weight is 415 g/mol. The molecule has 3 amide bonds. The molecule has 2 fully saturated rings. The zero-order valence-corrected chi connectivity index (χ0v) is 18.3. The van der Waals surface area contributed by atoms with E-state index in [9.17, 15) is 14.4 Å². The molecule has 2 saturated heterocycles. The molecule has 0 saturated carbocycles. The van der Waals surface area contributed by atoms with E-state index in [2.05, 4.69) is 10.2 Å². The van der Waals surface area contributed by atoms with Crippen LogP contribution in [0.2, 0.25) is 0 Å². The quantitative estimate of drug-likeness (QED) is 0.773. The van der Waals surface area contributed by atoms with Crippen molar-refractivity contribution in [2.45, 2.75) is 59.0 Å². The monoisotopic (exact) mass is 414 g/mol. The molecule has 0 aromatic heterocycles. The molecular weight excluding hydrogens is 380 g/mol. The van der Waals surface area contributed by atoms with Gasteiger partial charge >= 0.3 is 0 Å². The normalized spacial score (nSPS) is 22.7. The van der Waals surface area contributed by atoms with Crippen molar-refractivity contribution >= 4 is 23.4 Å². The second kappa shape index (κ2) is 9.16. The smallest absolute Gasteiger partial charge is 0.234 e. The van der Waals surface area contributed by atoms with Gasteiger partial charge in [-0.1, -0.05) is 39.0 Å². The van der Waals surface area contributed by atoms with Gasteiger partial charge in [-0.3, -0.25) is 19.3 Å². The predicted molar refractivity (Wildman–Crippen MR) is 116 cm³/mol. The van der Waals surface area contributed by atoms with Crippen molar-refractivity contribution in [1.29, 1.82) is 0 Å². The van der Waals surface area contributed by atoms with Gasteiger partial charge in [-0.15, -0.1) is 0 Å². The number of benzene rings is 1. The summed E-state index contributed by atoms with van der Waals surface area (Å²) >= 11 is 0. The third-order valence-electron chi connectivity index (χ3n) is 6.06. The van der Waals surface area contributed by atoms with Crippen LogP contribution >= 0.6 is 0 Å². The molecule has 2 aliphatic rings. The highest BCUT2D eigenvalue weighted by molar-refractivity contribution is 5.94. The summed E-state index contributed by atoms with van der Waals surface area (Å²) < 4.78 is 0. The maximum Gasteiger partial charge on any atom is 0.234 e. The van der Waals surface area contributed by atoms with Gasteiger partial charge in [0.05, 0.1) is 12.0 Å². The van der Waals surface area contributed by atoms with Crippen molar-refractivity contribution in [2.75, 3.05) is 25.0 Å². The van der Waals surface area contributed by atoms with E-state index >= 15 is 0 Å². The first kappa shape index (κ1) is 22.3. The van der Waals surface area contributed by atoms with Gasteiger partial charge in [0.1, 0.15) is 0 Å². The Balaban J connectivity index is 1.67. The number of piperidine rings is 1. The van der Waals surface area contributed by atoms with E-state index in [4.69, 9.17) is 5.73 Å². The van der Waals surface area contributed by atoms with E-state index < -0.39 is 5.41 Å². The molecular formula is C23H34N4O3. The fraction of sp³-hybridized carbons (Fsp3) is 0.609. The van der Waals surface area contributed by atoms with E-state index in [1.165, 1.54) is 0 Å². The molecule has 7 heteroatoms. The van der Waals surface area contributed by atoms with Gasteiger partial charge in [0.25, 0.3) is 0 Å². The standard InChI is InChI=1S/C23H34N4O3/c1-23(2,3)22(30)27-13-6-9-17(15-27)21(29)25-18-10-5-4-8-16(18)14-26-12-7-11-19(26)20(24)28/h4-5,8,10,17,19H,6-7,9,11-15H2,1-3H3,(H2,24,28)(H,25,29). The number of primary amides is 1. The van der Waals surface area contributed by atoms with E-state index in [1.54, 1.807) is 0 Å². The highest BCUT2D eigenvalue weighted by Crippen LogP contribution is 2.27. The van der Waals surface area contributed by atoms with Crippen LogP contribution in [0.4, 0.5) is 5.69 Å². The Hall–Kier alpha value is -2.41. The first-order chi connectivity index (χ1) is 14.2. The molecule has 3 rings (SSSR count). The Morgan fingerprint density at radius 3 is 2.50 bits per heavy atom. The van der Waals surface area contributed by atoms with E-state index in [1.807, 2.05) is 49.9 Å². The summed E-state index contributed by atoms with van der Waals surface area (Å²) in [6.45, 7) is 8.29. The van der Waals surface area contributed by atoms with Crippen LogP contribution in [0, 0.1) is 11.3 Å². The molecule has 2 atom stereocenters. The number of carbonyl (C=O) groups is 3. The molecule has 30 heavy (non-hydrogen) atoms. The number of nitrogens with two attached hydrogens (primary N) is 1. The van der Waals surface area contributed by atoms with Crippen LogP contribution in [-0.4, -0.2) is 53.2 Å². The highest BCUT2D eigenvalue weighted by Gasteiger charge is 2.34. The largest absolute Gasteiger partial charge is 0.368 e. The Labute approximate surface area is 179 Å². The van der Waals surface area contributed by atoms with Gasteiger partial charge < -0.3 is 16.0 Å². The first-order valence-corrected chi connectivity index (χ1v) is 10.9. The molecule has 1 aromatic rings. The number of carbonyl (C=O) groups excluding carboxylic acids is 3. The molecule has 0 aliphatic carbocycles. The second-order valence-electron chi connectivity index (χ2n) is 9.52. The lowest BCUT2D eigenvalue weighted by Gasteiger charge is -2.36. The Bertz CT molecular complexity index is 802. The van der Waals surface area contributed by atoms with Gasteiger partial charge in [-0.25, -0.2) is 0 Å². The maximum absolute atomic E-state index is 13.0. The average Bonchev–Trinajstić information content (AvgIpc) is 3.17. The van der Waals surface area contributed by atoms with Crippen LogP contribution < -0.4 is 11.1 Å². The molecule has 2 unspecified atom stereocenters. The number of anilines is 1. The molecule has 1 aromatic carbocycles. The van der Waals surface area contributed by atoms with Crippen LogP contribution in [0.15, 0.2) is 24.3 Å². The second-order valence-corrected chi connectivity index (χ2v) is 9.52. The van der Waals surface area contributed by atoms with Crippen molar-refractivity contribution in [2.24, 2.45) is 17.1 Å². The molecule has 3 N–H and O–H groups in total. The molecule has 0 bridgehead atoms. The van der Waals surface area contributed by atoms with Crippen molar-refractivity contribution in [3.05, 3.63) is 29.8 Å². The Morgan fingerprint density at radius 1 is 1.10 bits per heavy atom. The number of likely N-dealkylation sites (tertiary alicyclic amines) is 2.